The molecular weight excluding hydrogens is 406 g/mol. The topological polar surface area (TPSA) is 114 Å². The molecule has 2 saturated carbocycles. The molecule has 0 saturated heterocycles. The summed E-state index contributed by atoms with van der Waals surface area (Å²) in [4.78, 5) is 27.0. The number of amides is 1. The molecule has 32 heavy (non-hydrogen) atoms. The molecule has 0 spiro atoms. The molecule has 7 heteroatoms. The molecule has 1 aromatic carbocycles. The van der Waals surface area contributed by atoms with Crippen molar-refractivity contribution in [2.45, 2.75) is 70.6 Å². The zero-order valence-corrected chi connectivity index (χ0v) is 18.9. The second-order valence-electron chi connectivity index (χ2n) is 9.51. The molecule has 176 valence electrons. The summed E-state index contributed by atoms with van der Waals surface area (Å²) in [6.07, 6.45) is 11.7. The van der Waals surface area contributed by atoms with Gasteiger partial charge < -0.3 is 10.0 Å². The summed E-state index contributed by atoms with van der Waals surface area (Å²) in [6.45, 7) is 0.323. The van der Waals surface area contributed by atoms with E-state index in [0.29, 0.717) is 24.4 Å². The number of benzene rings is 1. The first-order chi connectivity index (χ1) is 15.5. The number of carboxylic acid groups (broad SMARTS) is 1. The summed E-state index contributed by atoms with van der Waals surface area (Å²) < 4.78 is 0. The molecule has 4 N–H and O–H groups in total. The van der Waals surface area contributed by atoms with Crippen LogP contribution in [0, 0.1) is 23.2 Å². The summed E-state index contributed by atoms with van der Waals surface area (Å²) in [7, 11) is 0. The number of nitrogens with one attached hydrogen (secondary N) is 2. The largest absolute Gasteiger partial charge is 0.480 e. The molecule has 0 bridgehead atoms. The standard InChI is InChI=1S/C25H37N3O4/c26-24(27-32)21-13-11-18(12-14-21)15-22(20-9-5-2-6-10-20)25(31)28(17-23(29)30)16-19-7-3-1-4-8-19/h11-14,19-20,22,32H,1-10,15-17H2,(H2,26,27)(H,29,30)/t22-/m1/s1. The van der Waals surface area contributed by atoms with Crippen molar-refractivity contribution in [3.8, 4) is 0 Å². The lowest BCUT2D eigenvalue weighted by atomic mass is 9.76. The SMILES string of the molecule is N=C(NO)c1ccc(C[C@@H](C(=O)N(CC(=O)O)CC2CCCCC2)C2CCCCC2)cc1. The van der Waals surface area contributed by atoms with Crippen LogP contribution in [0.1, 0.15) is 75.3 Å². The van der Waals surface area contributed by atoms with E-state index in [2.05, 4.69) is 0 Å². The molecule has 2 fully saturated rings. The number of carbonyl (C=O) groups is 2. The first kappa shape index (κ1) is 24.2. The monoisotopic (exact) mass is 443 g/mol. The van der Waals surface area contributed by atoms with Gasteiger partial charge in [0.25, 0.3) is 0 Å². The molecule has 0 aromatic heterocycles. The van der Waals surface area contributed by atoms with E-state index in [1.54, 1.807) is 17.0 Å². The third kappa shape index (κ3) is 6.79. The van der Waals surface area contributed by atoms with Crippen molar-refractivity contribution in [3.63, 3.8) is 0 Å². The Morgan fingerprint density at radius 2 is 1.59 bits per heavy atom. The van der Waals surface area contributed by atoms with Crippen LogP contribution in [0.25, 0.3) is 0 Å². The van der Waals surface area contributed by atoms with Gasteiger partial charge in [-0.3, -0.25) is 25.7 Å². The second-order valence-corrected chi connectivity index (χ2v) is 9.51. The van der Waals surface area contributed by atoms with Gasteiger partial charge in [0.05, 0.1) is 0 Å². The van der Waals surface area contributed by atoms with Crippen LogP contribution in [0.4, 0.5) is 0 Å². The van der Waals surface area contributed by atoms with E-state index in [-0.39, 0.29) is 30.1 Å². The Hall–Kier alpha value is -2.41. The van der Waals surface area contributed by atoms with E-state index in [4.69, 9.17) is 10.6 Å². The minimum absolute atomic E-state index is 0.0151. The fourth-order valence-electron chi connectivity index (χ4n) is 5.43. The molecule has 0 aliphatic heterocycles. The predicted octanol–water partition coefficient (Wildman–Crippen LogP) is 4.22. The van der Waals surface area contributed by atoms with Gasteiger partial charge in [-0.25, -0.2) is 0 Å². The minimum Gasteiger partial charge on any atom is -0.480 e. The highest BCUT2D eigenvalue weighted by Gasteiger charge is 2.34. The average Bonchev–Trinajstić information content (AvgIpc) is 2.82. The van der Waals surface area contributed by atoms with Crippen molar-refractivity contribution in [2.75, 3.05) is 13.1 Å². The van der Waals surface area contributed by atoms with Gasteiger partial charge in [0.15, 0.2) is 0 Å². The highest BCUT2D eigenvalue weighted by atomic mass is 16.5. The maximum absolute atomic E-state index is 13.8. The van der Waals surface area contributed by atoms with Gasteiger partial charge in [0.1, 0.15) is 12.4 Å². The molecule has 0 heterocycles. The lowest BCUT2D eigenvalue weighted by Crippen LogP contribution is -2.45. The second kappa shape index (κ2) is 12.0. The summed E-state index contributed by atoms with van der Waals surface area (Å²) >= 11 is 0. The van der Waals surface area contributed by atoms with Crippen LogP contribution in [0.3, 0.4) is 0 Å². The van der Waals surface area contributed by atoms with Gasteiger partial charge in [-0.05, 0) is 49.5 Å². The summed E-state index contributed by atoms with van der Waals surface area (Å²) in [6, 6.07) is 7.32. The number of rotatable bonds is 9. The molecule has 0 unspecified atom stereocenters. The highest BCUT2D eigenvalue weighted by molar-refractivity contribution is 5.95. The normalized spacial score (nSPS) is 18.7. The Morgan fingerprint density at radius 1 is 1.00 bits per heavy atom. The van der Waals surface area contributed by atoms with Gasteiger partial charge in [-0.2, -0.15) is 0 Å². The maximum atomic E-state index is 13.8. The molecule has 0 radical (unpaired) electrons. The molecule has 3 rings (SSSR count). The smallest absolute Gasteiger partial charge is 0.323 e. The molecule has 1 amide bonds. The Morgan fingerprint density at radius 3 is 2.16 bits per heavy atom. The molecule has 1 aromatic rings. The quantitative estimate of drug-likeness (QED) is 0.259. The average molecular weight is 444 g/mol. The molecule has 1 atom stereocenters. The third-order valence-electron chi connectivity index (χ3n) is 7.19. The van der Waals surface area contributed by atoms with Crippen LogP contribution < -0.4 is 5.48 Å². The van der Waals surface area contributed by atoms with E-state index in [0.717, 1.165) is 56.9 Å². The van der Waals surface area contributed by atoms with Gasteiger partial charge in [0, 0.05) is 18.0 Å². The van der Waals surface area contributed by atoms with Crippen molar-refractivity contribution >= 4 is 17.7 Å². The van der Waals surface area contributed by atoms with Gasteiger partial charge in [-0.1, -0.05) is 62.8 Å². The van der Waals surface area contributed by atoms with Crippen LogP contribution in [-0.4, -0.2) is 46.0 Å². The number of nitrogens with zero attached hydrogens (tertiary/aromatic N) is 1. The van der Waals surface area contributed by atoms with Gasteiger partial charge in [0.2, 0.25) is 5.91 Å². The van der Waals surface area contributed by atoms with E-state index >= 15 is 0 Å². The zero-order chi connectivity index (χ0) is 22.9. The zero-order valence-electron chi connectivity index (χ0n) is 18.9. The summed E-state index contributed by atoms with van der Waals surface area (Å²) in [5.41, 5.74) is 3.42. The lowest BCUT2D eigenvalue weighted by Gasteiger charge is -2.35. The Labute approximate surface area is 190 Å². The first-order valence-electron chi connectivity index (χ1n) is 12.1. The van der Waals surface area contributed by atoms with E-state index in [1.165, 1.54) is 12.8 Å². The number of aliphatic carboxylic acids is 1. The fourth-order valence-corrected chi connectivity index (χ4v) is 5.43. The van der Waals surface area contributed by atoms with Crippen LogP contribution >= 0.6 is 0 Å². The Bertz CT molecular complexity index is 768. The molecule has 2 aliphatic carbocycles. The molecule has 2 aliphatic rings. The van der Waals surface area contributed by atoms with Crippen LogP contribution in [0.2, 0.25) is 0 Å². The van der Waals surface area contributed by atoms with Crippen LogP contribution in [0.15, 0.2) is 24.3 Å². The summed E-state index contributed by atoms with van der Waals surface area (Å²) in [5, 5.41) is 26.1. The minimum atomic E-state index is -0.948. The number of carboxylic acids is 1. The number of amidine groups is 1. The number of carbonyl (C=O) groups excluding carboxylic acids is 1. The van der Waals surface area contributed by atoms with E-state index in [1.807, 2.05) is 17.6 Å². The fraction of sp³-hybridized carbons (Fsp3) is 0.640. The number of hydrogen-bond donors (Lipinski definition) is 4. The third-order valence-corrected chi connectivity index (χ3v) is 7.19. The van der Waals surface area contributed by atoms with Crippen molar-refractivity contribution in [1.82, 2.24) is 10.4 Å². The number of hydrogen-bond acceptors (Lipinski definition) is 4. The van der Waals surface area contributed by atoms with E-state index < -0.39 is 5.97 Å². The summed E-state index contributed by atoms with van der Waals surface area (Å²) in [5.74, 6) is -0.586. The molecular formula is C25H37N3O4. The lowest BCUT2D eigenvalue weighted by molar-refractivity contribution is -0.148. The Balaban J connectivity index is 1.79. The van der Waals surface area contributed by atoms with Gasteiger partial charge in [-0.15, -0.1) is 0 Å². The van der Waals surface area contributed by atoms with E-state index in [9.17, 15) is 14.7 Å². The predicted molar refractivity (Wildman–Crippen MR) is 123 cm³/mol. The highest BCUT2D eigenvalue weighted by Crippen LogP contribution is 2.34. The maximum Gasteiger partial charge on any atom is 0.323 e. The van der Waals surface area contributed by atoms with Crippen molar-refractivity contribution in [3.05, 3.63) is 35.4 Å². The van der Waals surface area contributed by atoms with Crippen LogP contribution in [0.5, 0.6) is 0 Å². The van der Waals surface area contributed by atoms with Crippen molar-refractivity contribution in [2.24, 2.45) is 17.8 Å². The number of hydroxylamine groups is 1. The molecule has 7 nitrogen and oxygen atoms in total. The first-order valence-corrected chi connectivity index (χ1v) is 12.1. The van der Waals surface area contributed by atoms with Crippen LogP contribution in [-0.2, 0) is 16.0 Å². The van der Waals surface area contributed by atoms with Crippen molar-refractivity contribution in [1.29, 1.82) is 5.41 Å². The van der Waals surface area contributed by atoms with Gasteiger partial charge >= 0.3 is 5.97 Å². The van der Waals surface area contributed by atoms with Crippen molar-refractivity contribution < 1.29 is 19.9 Å². The Kier molecular flexibility index (Phi) is 9.09.